The Labute approximate surface area is 134 Å². The van der Waals surface area contributed by atoms with Gasteiger partial charge in [0.1, 0.15) is 5.75 Å². The molecule has 0 heterocycles. The molecule has 0 unspecified atom stereocenters. The van der Waals surface area contributed by atoms with Gasteiger partial charge in [-0.2, -0.15) is 0 Å². The average molecular weight is 307 g/mol. The molecule has 22 heavy (non-hydrogen) atoms. The highest BCUT2D eigenvalue weighted by Crippen LogP contribution is 2.21. The summed E-state index contributed by atoms with van der Waals surface area (Å²) in [5.41, 5.74) is 1.56. The fourth-order valence-corrected chi connectivity index (χ4v) is 2.27. The first kappa shape index (κ1) is 18.5. The van der Waals surface area contributed by atoms with Crippen molar-refractivity contribution in [1.82, 2.24) is 5.32 Å². The molecule has 4 heteroatoms. The molecule has 0 aromatic heterocycles. The molecule has 1 N–H and O–H groups in total. The van der Waals surface area contributed by atoms with E-state index in [1.807, 2.05) is 19.1 Å². The number of benzene rings is 1. The molecular weight excluding hydrogens is 278 g/mol. The smallest absolute Gasteiger partial charge is 0.251 e. The van der Waals surface area contributed by atoms with E-state index in [1.54, 1.807) is 13.2 Å². The zero-order valence-electron chi connectivity index (χ0n) is 14.3. The molecule has 0 radical (unpaired) electrons. The number of carbonyl (C=O) groups is 1. The Hall–Kier alpha value is -1.55. The first-order chi connectivity index (χ1) is 10.6. The van der Waals surface area contributed by atoms with Crippen molar-refractivity contribution in [2.45, 2.75) is 59.1 Å². The van der Waals surface area contributed by atoms with E-state index in [4.69, 9.17) is 9.47 Å². The van der Waals surface area contributed by atoms with Crippen LogP contribution >= 0.6 is 0 Å². The number of hydrogen-bond acceptors (Lipinski definition) is 3. The zero-order chi connectivity index (χ0) is 16.4. The fourth-order valence-electron chi connectivity index (χ4n) is 2.27. The van der Waals surface area contributed by atoms with Gasteiger partial charge < -0.3 is 14.8 Å². The zero-order valence-corrected chi connectivity index (χ0v) is 14.3. The predicted molar refractivity (Wildman–Crippen MR) is 89.4 cm³/mol. The lowest BCUT2D eigenvalue weighted by molar-refractivity contribution is 0.0937. The predicted octanol–water partition coefficient (Wildman–Crippen LogP) is 3.93. The van der Waals surface area contributed by atoms with Crippen molar-refractivity contribution in [1.29, 1.82) is 0 Å². The van der Waals surface area contributed by atoms with Crippen LogP contribution in [0.25, 0.3) is 0 Å². The van der Waals surface area contributed by atoms with Crippen molar-refractivity contribution < 1.29 is 14.3 Å². The second-order valence-electron chi connectivity index (χ2n) is 5.60. The Morgan fingerprint density at radius 1 is 1.27 bits per heavy atom. The fraction of sp³-hybridized carbons (Fsp3) is 0.611. The first-order valence-electron chi connectivity index (χ1n) is 8.17. The first-order valence-corrected chi connectivity index (χ1v) is 8.17. The highest BCUT2D eigenvalue weighted by atomic mass is 16.5. The Balaban J connectivity index is 2.73. The van der Waals surface area contributed by atoms with Crippen molar-refractivity contribution in [3.05, 3.63) is 29.3 Å². The van der Waals surface area contributed by atoms with Crippen LogP contribution in [0.1, 0.15) is 62.4 Å². The van der Waals surface area contributed by atoms with Crippen LogP contribution in [0, 0.1) is 0 Å². The number of carbonyl (C=O) groups excluding carboxylic acids is 1. The monoisotopic (exact) mass is 307 g/mol. The standard InChI is InChI=1S/C18H29NO3/c1-5-7-11-22-13-16-12-15(9-10-17(16)21-4)18(20)19-14(3)8-6-2/h9-10,12,14H,5-8,11,13H2,1-4H3,(H,19,20)/t14-/m1/s1. The maximum absolute atomic E-state index is 12.3. The van der Waals surface area contributed by atoms with Gasteiger partial charge in [0.25, 0.3) is 5.91 Å². The number of rotatable bonds is 10. The summed E-state index contributed by atoms with van der Waals surface area (Å²) >= 11 is 0. The van der Waals surface area contributed by atoms with Gasteiger partial charge in [-0.05, 0) is 38.0 Å². The summed E-state index contributed by atoms with van der Waals surface area (Å²) in [4.78, 5) is 12.3. The second-order valence-corrected chi connectivity index (χ2v) is 5.60. The Kier molecular flexibility index (Phi) is 8.60. The normalized spacial score (nSPS) is 12.0. The van der Waals surface area contributed by atoms with Gasteiger partial charge in [-0.15, -0.1) is 0 Å². The second kappa shape index (κ2) is 10.2. The summed E-state index contributed by atoms with van der Waals surface area (Å²) in [6.45, 7) is 7.46. The molecule has 0 saturated carbocycles. The van der Waals surface area contributed by atoms with Crippen molar-refractivity contribution in [3.63, 3.8) is 0 Å². The van der Waals surface area contributed by atoms with Crippen molar-refractivity contribution >= 4 is 5.91 Å². The molecule has 1 aromatic carbocycles. The van der Waals surface area contributed by atoms with E-state index in [0.29, 0.717) is 12.2 Å². The lowest BCUT2D eigenvalue weighted by Gasteiger charge is -2.14. The molecule has 4 nitrogen and oxygen atoms in total. The van der Waals surface area contributed by atoms with Crippen LogP contribution in [0.3, 0.4) is 0 Å². The van der Waals surface area contributed by atoms with Crippen LogP contribution in [-0.4, -0.2) is 25.7 Å². The van der Waals surface area contributed by atoms with Gasteiger partial charge in [0.2, 0.25) is 0 Å². The Morgan fingerprint density at radius 2 is 2.05 bits per heavy atom. The molecule has 0 aliphatic rings. The van der Waals surface area contributed by atoms with Crippen LogP contribution in [-0.2, 0) is 11.3 Å². The Bertz CT molecular complexity index is 460. The van der Waals surface area contributed by atoms with Gasteiger partial charge in [-0.3, -0.25) is 4.79 Å². The number of hydrogen-bond donors (Lipinski definition) is 1. The van der Waals surface area contributed by atoms with Crippen molar-refractivity contribution in [2.24, 2.45) is 0 Å². The molecule has 1 atom stereocenters. The van der Waals surface area contributed by atoms with Gasteiger partial charge in [0.15, 0.2) is 0 Å². The van der Waals surface area contributed by atoms with E-state index >= 15 is 0 Å². The van der Waals surface area contributed by atoms with Crippen molar-refractivity contribution in [3.8, 4) is 5.75 Å². The highest BCUT2D eigenvalue weighted by Gasteiger charge is 2.12. The number of ether oxygens (including phenoxy) is 2. The number of amides is 1. The van der Waals surface area contributed by atoms with Crippen LogP contribution in [0.4, 0.5) is 0 Å². The molecule has 0 bridgehead atoms. The third kappa shape index (κ3) is 6.06. The topological polar surface area (TPSA) is 47.6 Å². The molecule has 0 spiro atoms. The SMILES string of the molecule is CCCCOCc1cc(C(=O)N[C@H](C)CCC)ccc1OC. The largest absolute Gasteiger partial charge is 0.496 e. The minimum Gasteiger partial charge on any atom is -0.496 e. The van der Waals surface area contributed by atoms with Gasteiger partial charge in [0, 0.05) is 23.8 Å². The van der Waals surface area contributed by atoms with Gasteiger partial charge in [-0.1, -0.05) is 26.7 Å². The summed E-state index contributed by atoms with van der Waals surface area (Å²) < 4.78 is 11.0. The van der Waals surface area contributed by atoms with Gasteiger partial charge in [0.05, 0.1) is 13.7 Å². The van der Waals surface area contributed by atoms with E-state index in [1.165, 1.54) is 0 Å². The lowest BCUT2D eigenvalue weighted by Crippen LogP contribution is -2.32. The van der Waals surface area contributed by atoms with Crippen LogP contribution < -0.4 is 10.1 Å². The number of unbranched alkanes of at least 4 members (excludes halogenated alkanes) is 1. The van der Waals surface area contributed by atoms with Crippen molar-refractivity contribution in [2.75, 3.05) is 13.7 Å². The third-order valence-electron chi connectivity index (χ3n) is 3.54. The minimum atomic E-state index is -0.0431. The van der Waals surface area contributed by atoms with Gasteiger partial charge >= 0.3 is 0 Å². The highest BCUT2D eigenvalue weighted by molar-refractivity contribution is 5.94. The summed E-state index contributed by atoms with van der Waals surface area (Å²) in [5.74, 6) is 0.716. The molecule has 0 saturated heterocycles. The van der Waals surface area contributed by atoms with E-state index in [0.717, 1.165) is 43.6 Å². The maximum atomic E-state index is 12.3. The molecule has 1 rings (SSSR count). The lowest BCUT2D eigenvalue weighted by atomic mass is 10.1. The molecule has 1 aromatic rings. The summed E-state index contributed by atoms with van der Waals surface area (Å²) in [6, 6.07) is 5.67. The Morgan fingerprint density at radius 3 is 2.68 bits per heavy atom. The van der Waals surface area contributed by atoms with E-state index < -0.39 is 0 Å². The van der Waals surface area contributed by atoms with Gasteiger partial charge in [-0.25, -0.2) is 0 Å². The summed E-state index contributed by atoms with van der Waals surface area (Å²) in [5, 5.41) is 3.02. The van der Waals surface area contributed by atoms with Crippen LogP contribution in [0.5, 0.6) is 5.75 Å². The summed E-state index contributed by atoms with van der Waals surface area (Å²) in [7, 11) is 1.63. The van der Waals surface area contributed by atoms with Crippen LogP contribution in [0.2, 0.25) is 0 Å². The van der Waals surface area contributed by atoms with E-state index in [-0.39, 0.29) is 11.9 Å². The molecule has 0 aliphatic carbocycles. The van der Waals surface area contributed by atoms with E-state index in [9.17, 15) is 4.79 Å². The number of nitrogens with one attached hydrogen (secondary N) is 1. The summed E-state index contributed by atoms with van der Waals surface area (Å²) in [6.07, 6.45) is 4.18. The van der Waals surface area contributed by atoms with Crippen LogP contribution in [0.15, 0.2) is 18.2 Å². The molecule has 0 fully saturated rings. The molecule has 0 aliphatic heterocycles. The third-order valence-corrected chi connectivity index (χ3v) is 3.54. The minimum absolute atomic E-state index is 0.0431. The molecular formula is C18H29NO3. The number of methoxy groups -OCH3 is 1. The van der Waals surface area contributed by atoms with E-state index in [2.05, 4.69) is 19.2 Å². The maximum Gasteiger partial charge on any atom is 0.251 e. The quantitative estimate of drug-likeness (QED) is 0.666. The molecule has 1 amide bonds. The average Bonchev–Trinajstić information content (AvgIpc) is 2.51. The molecule has 124 valence electrons.